The fraction of sp³-hybridized carbons (Fsp3) is 0.462. The van der Waals surface area contributed by atoms with Crippen molar-refractivity contribution in [3.8, 4) is 0 Å². The molecule has 1 atom stereocenters. The third-order valence-electron chi connectivity index (χ3n) is 6.68. The Bertz CT molecular complexity index is 1370. The van der Waals surface area contributed by atoms with Crippen LogP contribution in [0.4, 0.5) is 0 Å². The van der Waals surface area contributed by atoms with Crippen molar-refractivity contribution < 1.29 is 31.2 Å². The summed E-state index contributed by atoms with van der Waals surface area (Å²) in [6.45, 7) is 4.36. The number of amides is 1. The summed E-state index contributed by atoms with van der Waals surface area (Å²) >= 11 is 0. The Morgan fingerprint density at radius 3 is 2.38 bits per heavy atom. The Kier molecular flexibility index (Phi) is 8.05. The van der Waals surface area contributed by atoms with Gasteiger partial charge in [0.25, 0.3) is 5.91 Å². The highest BCUT2D eigenvalue weighted by molar-refractivity contribution is 7.91. The molecule has 2 aromatic carbocycles. The molecule has 0 radical (unpaired) electrons. The van der Waals surface area contributed by atoms with E-state index in [0.717, 1.165) is 11.1 Å². The van der Waals surface area contributed by atoms with Crippen LogP contribution in [0.1, 0.15) is 41.8 Å². The summed E-state index contributed by atoms with van der Waals surface area (Å²) in [5.74, 6) is -1.14. The van der Waals surface area contributed by atoms with Crippen LogP contribution in [0.2, 0.25) is 0 Å². The Hall–Kier alpha value is -2.76. The molecule has 11 heteroatoms. The number of hydrogen-bond donors (Lipinski definition) is 0. The molecule has 1 saturated heterocycles. The van der Waals surface area contributed by atoms with Gasteiger partial charge in [-0.2, -0.15) is 4.31 Å². The lowest BCUT2D eigenvalue weighted by atomic mass is 10.0. The van der Waals surface area contributed by atoms with Gasteiger partial charge in [0.2, 0.25) is 10.0 Å². The number of rotatable bonds is 8. The fourth-order valence-electron chi connectivity index (χ4n) is 4.75. The van der Waals surface area contributed by atoms with Crippen LogP contribution in [-0.4, -0.2) is 75.2 Å². The molecule has 1 amide bonds. The lowest BCUT2D eigenvalue weighted by Crippen LogP contribution is -2.45. The number of carbonyl (C=O) groups is 2. The Labute approximate surface area is 218 Å². The van der Waals surface area contributed by atoms with Crippen molar-refractivity contribution in [2.24, 2.45) is 5.92 Å². The van der Waals surface area contributed by atoms with Gasteiger partial charge in [0.05, 0.1) is 22.0 Å². The van der Waals surface area contributed by atoms with E-state index in [1.807, 2.05) is 38.1 Å². The minimum atomic E-state index is -3.74. The van der Waals surface area contributed by atoms with Gasteiger partial charge in [-0.15, -0.1) is 0 Å². The quantitative estimate of drug-likeness (QED) is 0.465. The topological polar surface area (TPSA) is 118 Å². The van der Waals surface area contributed by atoms with Crippen LogP contribution in [0, 0.1) is 5.92 Å². The molecule has 0 unspecified atom stereocenters. The largest absolute Gasteiger partial charge is 0.452 e. The molecular formula is C26H32N2O7S2. The van der Waals surface area contributed by atoms with Crippen molar-refractivity contribution in [3.05, 3.63) is 65.2 Å². The first-order chi connectivity index (χ1) is 17.5. The molecule has 2 aromatic rings. The van der Waals surface area contributed by atoms with Crippen LogP contribution in [0.5, 0.6) is 0 Å². The van der Waals surface area contributed by atoms with Crippen molar-refractivity contribution in [2.45, 2.75) is 44.2 Å². The predicted octanol–water partition coefficient (Wildman–Crippen LogP) is 2.26. The SMILES string of the molecule is CC(C)CN(C(=O)COC(=O)c1ccc(S(=O)(=O)N2CCc3ccccc3C2)cc1)[C@H]1CCS(=O)(=O)C1. The zero-order chi connectivity index (χ0) is 26.8. The standard InChI is InChI=1S/C26H32N2O7S2/c1-19(2)15-28(23-12-14-36(31,32)18-23)25(29)17-35-26(30)21-7-9-24(10-8-21)37(33,34)27-13-11-20-5-3-4-6-22(20)16-27/h3-10,19,23H,11-18H2,1-2H3/t23-/m0/s1. The third-order valence-corrected chi connectivity index (χ3v) is 10.3. The predicted molar refractivity (Wildman–Crippen MR) is 138 cm³/mol. The van der Waals surface area contributed by atoms with Crippen LogP contribution in [-0.2, 0) is 42.4 Å². The molecule has 0 aliphatic carbocycles. The van der Waals surface area contributed by atoms with Gasteiger partial charge in [0.15, 0.2) is 16.4 Å². The summed E-state index contributed by atoms with van der Waals surface area (Å²) in [6.07, 6.45) is 1.00. The highest BCUT2D eigenvalue weighted by atomic mass is 32.2. The molecule has 0 saturated carbocycles. The van der Waals surface area contributed by atoms with Crippen molar-refractivity contribution in [1.82, 2.24) is 9.21 Å². The molecule has 200 valence electrons. The summed E-state index contributed by atoms with van der Waals surface area (Å²) in [6, 6.07) is 12.8. The van der Waals surface area contributed by atoms with Crippen molar-refractivity contribution in [1.29, 1.82) is 0 Å². The van der Waals surface area contributed by atoms with E-state index < -0.39 is 44.4 Å². The molecule has 2 aliphatic rings. The van der Waals surface area contributed by atoms with Crippen LogP contribution in [0.3, 0.4) is 0 Å². The minimum Gasteiger partial charge on any atom is -0.452 e. The van der Waals surface area contributed by atoms with E-state index in [0.29, 0.717) is 32.5 Å². The van der Waals surface area contributed by atoms with Crippen molar-refractivity contribution >= 4 is 31.7 Å². The first kappa shape index (κ1) is 27.3. The number of nitrogens with zero attached hydrogens (tertiary/aromatic N) is 2. The van der Waals surface area contributed by atoms with Gasteiger partial charge >= 0.3 is 5.97 Å². The van der Waals surface area contributed by atoms with Gasteiger partial charge < -0.3 is 9.64 Å². The van der Waals surface area contributed by atoms with E-state index in [4.69, 9.17) is 4.74 Å². The lowest BCUT2D eigenvalue weighted by Gasteiger charge is -2.29. The molecule has 2 aliphatic heterocycles. The summed E-state index contributed by atoms with van der Waals surface area (Å²) in [5, 5.41) is 0. The number of sulfone groups is 1. The average Bonchev–Trinajstić information content (AvgIpc) is 3.24. The Morgan fingerprint density at radius 2 is 1.76 bits per heavy atom. The molecule has 0 N–H and O–H groups in total. The second kappa shape index (κ2) is 10.9. The summed E-state index contributed by atoms with van der Waals surface area (Å²) < 4.78 is 56.7. The average molecular weight is 549 g/mol. The summed E-state index contributed by atoms with van der Waals surface area (Å²) in [5.41, 5.74) is 2.24. The van der Waals surface area contributed by atoms with Crippen LogP contribution < -0.4 is 0 Å². The number of sulfonamides is 1. The minimum absolute atomic E-state index is 0.0402. The third kappa shape index (κ3) is 6.39. The summed E-state index contributed by atoms with van der Waals surface area (Å²) in [4.78, 5) is 27.0. The highest BCUT2D eigenvalue weighted by Crippen LogP contribution is 2.25. The number of carbonyl (C=O) groups excluding carboxylic acids is 2. The number of benzene rings is 2. The number of hydrogen-bond acceptors (Lipinski definition) is 7. The van der Waals surface area contributed by atoms with E-state index in [-0.39, 0.29) is 27.9 Å². The Morgan fingerprint density at radius 1 is 1.08 bits per heavy atom. The molecule has 0 aromatic heterocycles. The Balaban J connectivity index is 1.38. The molecule has 1 fully saturated rings. The molecule has 2 heterocycles. The van der Waals surface area contributed by atoms with E-state index >= 15 is 0 Å². The van der Waals surface area contributed by atoms with Crippen molar-refractivity contribution in [3.63, 3.8) is 0 Å². The molecule has 9 nitrogen and oxygen atoms in total. The molecule has 0 spiro atoms. The molecule has 37 heavy (non-hydrogen) atoms. The van der Waals surface area contributed by atoms with Crippen LogP contribution in [0.15, 0.2) is 53.4 Å². The van der Waals surface area contributed by atoms with Crippen molar-refractivity contribution in [2.75, 3.05) is 31.2 Å². The normalized spacial score (nSPS) is 19.4. The maximum absolute atomic E-state index is 13.1. The second-order valence-electron chi connectivity index (χ2n) is 9.95. The van der Waals surface area contributed by atoms with E-state index in [1.54, 1.807) is 0 Å². The zero-order valence-electron chi connectivity index (χ0n) is 21.0. The number of ether oxygens (including phenoxy) is 1. The second-order valence-corrected chi connectivity index (χ2v) is 14.1. The van der Waals surface area contributed by atoms with Gasteiger partial charge in [0.1, 0.15) is 0 Å². The summed E-state index contributed by atoms with van der Waals surface area (Å²) in [7, 11) is -6.92. The van der Waals surface area contributed by atoms with Gasteiger partial charge in [-0.3, -0.25) is 4.79 Å². The van der Waals surface area contributed by atoms with Gasteiger partial charge in [0, 0.05) is 25.7 Å². The van der Waals surface area contributed by atoms with E-state index in [1.165, 1.54) is 33.5 Å². The van der Waals surface area contributed by atoms with E-state index in [2.05, 4.69) is 0 Å². The van der Waals surface area contributed by atoms with Gasteiger partial charge in [-0.25, -0.2) is 21.6 Å². The maximum atomic E-state index is 13.1. The van der Waals surface area contributed by atoms with E-state index in [9.17, 15) is 26.4 Å². The van der Waals surface area contributed by atoms with Gasteiger partial charge in [-0.1, -0.05) is 38.1 Å². The first-order valence-electron chi connectivity index (χ1n) is 12.3. The molecule has 4 rings (SSSR count). The first-order valence-corrected chi connectivity index (χ1v) is 15.6. The number of fused-ring (bicyclic) bond motifs is 1. The maximum Gasteiger partial charge on any atom is 0.338 e. The molecular weight excluding hydrogens is 516 g/mol. The zero-order valence-corrected chi connectivity index (χ0v) is 22.6. The smallest absolute Gasteiger partial charge is 0.338 e. The van der Waals surface area contributed by atoms with Gasteiger partial charge in [-0.05, 0) is 54.2 Å². The lowest BCUT2D eigenvalue weighted by molar-refractivity contribution is -0.137. The van der Waals surface area contributed by atoms with Crippen LogP contribution >= 0.6 is 0 Å². The fourth-order valence-corrected chi connectivity index (χ4v) is 7.90. The molecule has 0 bridgehead atoms. The van der Waals surface area contributed by atoms with Crippen LogP contribution in [0.25, 0.3) is 0 Å². The monoisotopic (exact) mass is 548 g/mol. The highest BCUT2D eigenvalue weighted by Gasteiger charge is 2.35. The number of esters is 1.